The smallest absolute Gasteiger partial charge is 0.240 e. The number of nitrogens with one attached hydrogen (secondary N) is 2. The Hall–Kier alpha value is -2.26. The van der Waals surface area contributed by atoms with Gasteiger partial charge in [0.2, 0.25) is 15.9 Å². The third kappa shape index (κ3) is 6.93. The van der Waals surface area contributed by atoms with Gasteiger partial charge in [-0.15, -0.1) is 0 Å². The van der Waals surface area contributed by atoms with E-state index in [4.69, 9.17) is 0 Å². The van der Waals surface area contributed by atoms with Crippen LogP contribution in [0.4, 0.5) is 0 Å². The summed E-state index contributed by atoms with van der Waals surface area (Å²) < 4.78 is 27.8. The number of aliphatic hydroxyl groups is 1. The molecule has 0 aromatic heterocycles. The number of hydrogen-bond donors (Lipinski definition) is 3. The van der Waals surface area contributed by atoms with E-state index in [1.165, 1.54) is 12.1 Å². The molecule has 8 heteroatoms. The molecule has 29 heavy (non-hydrogen) atoms. The molecular weight excluding hydrogens is 390 g/mol. The van der Waals surface area contributed by atoms with Crippen LogP contribution in [0.15, 0.2) is 53.4 Å². The molecule has 0 spiro atoms. The summed E-state index contributed by atoms with van der Waals surface area (Å²) in [7, 11) is -2.14. The van der Waals surface area contributed by atoms with E-state index in [0.29, 0.717) is 6.54 Å². The molecule has 0 aliphatic carbocycles. The van der Waals surface area contributed by atoms with Crippen molar-refractivity contribution in [1.82, 2.24) is 14.9 Å². The Morgan fingerprint density at radius 1 is 1.10 bits per heavy atom. The maximum Gasteiger partial charge on any atom is 0.240 e. The maximum atomic E-state index is 12.7. The lowest BCUT2D eigenvalue weighted by Gasteiger charge is -2.27. The van der Waals surface area contributed by atoms with Crippen LogP contribution >= 0.6 is 0 Å². The minimum absolute atomic E-state index is 0.0516. The minimum Gasteiger partial charge on any atom is -0.395 e. The van der Waals surface area contributed by atoms with Crippen LogP contribution in [0.3, 0.4) is 0 Å². The summed E-state index contributed by atoms with van der Waals surface area (Å²) >= 11 is 0. The fourth-order valence-corrected chi connectivity index (χ4v) is 4.17. The van der Waals surface area contributed by atoms with Crippen LogP contribution in [0.25, 0.3) is 0 Å². The lowest BCUT2D eigenvalue weighted by molar-refractivity contribution is -0.131. The number of aliphatic hydroxyl groups excluding tert-OH is 1. The zero-order valence-corrected chi connectivity index (χ0v) is 17.9. The summed E-state index contributed by atoms with van der Waals surface area (Å²) in [5.41, 5.74) is 2.96. The van der Waals surface area contributed by atoms with E-state index < -0.39 is 22.7 Å². The fourth-order valence-electron chi connectivity index (χ4n) is 2.95. The molecule has 158 valence electrons. The quantitative estimate of drug-likeness (QED) is 0.537. The number of benzene rings is 2. The van der Waals surface area contributed by atoms with E-state index in [1.807, 2.05) is 38.1 Å². The van der Waals surface area contributed by atoms with Crippen molar-refractivity contribution in [2.24, 2.45) is 0 Å². The second-order valence-corrected chi connectivity index (χ2v) is 8.82. The van der Waals surface area contributed by atoms with Crippen LogP contribution in [-0.2, 0) is 21.4 Å². The van der Waals surface area contributed by atoms with Crippen molar-refractivity contribution in [3.8, 4) is 0 Å². The normalized spacial score (nSPS) is 12.6. The van der Waals surface area contributed by atoms with Gasteiger partial charge in [0, 0.05) is 13.1 Å². The summed E-state index contributed by atoms with van der Waals surface area (Å²) in [6.45, 7) is 3.91. The molecule has 0 bridgehead atoms. The van der Waals surface area contributed by atoms with Gasteiger partial charge >= 0.3 is 0 Å². The Labute approximate surface area is 172 Å². The summed E-state index contributed by atoms with van der Waals surface area (Å²) in [5.74, 6) is -0.179. The molecule has 3 N–H and O–H groups in total. The van der Waals surface area contributed by atoms with Gasteiger partial charge in [-0.25, -0.2) is 13.1 Å². The van der Waals surface area contributed by atoms with Crippen molar-refractivity contribution in [3.63, 3.8) is 0 Å². The van der Waals surface area contributed by atoms with Gasteiger partial charge in [-0.05, 0) is 38.6 Å². The molecular formula is C21H29N3O4S. The van der Waals surface area contributed by atoms with Crippen molar-refractivity contribution >= 4 is 15.9 Å². The predicted molar refractivity (Wildman–Crippen MR) is 113 cm³/mol. The maximum absolute atomic E-state index is 12.7. The molecule has 0 fully saturated rings. The van der Waals surface area contributed by atoms with E-state index in [-0.39, 0.29) is 23.9 Å². The molecule has 2 rings (SSSR count). The first-order valence-corrected chi connectivity index (χ1v) is 10.9. The SMILES string of the molecule is CNCC(=O)N(Cc1cccc(C)c1)C[C@@H](CO)NS(=O)(=O)c1ccc(C)cc1. The first kappa shape index (κ1) is 23.0. The number of amides is 1. The lowest BCUT2D eigenvalue weighted by Crippen LogP contribution is -2.48. The number of carbonyl (C=O) groups is 1. The number of carbonyl (C=O) groups excluding carboxylic acids is 1. The molecule has 0 unspecified atom stereocenters. The van der Waals surface area contributed by atoms with Crippen molar-refractivity contribution in [2.75, 3.05) is 26.7 Å². The van der Waals surface area contributed by atoms with Gasteiger partial charge < -0.3 is 15.3 Å². The molecule has 7 nitrogen and oxygen atoms in total. The Morgan fingerprint density at radius 2 is 1.79 bits per heavy atom. The standard InChI is InChI=1S/C21H29N3O4S/c1-16-7-9-20(10-8-16)29(27,28)23-19(15-25)14-24(21(26)12-22-3)13-18-6-4-5-17(2)11-18/h4-11,19,22-23,25H,12-15H2,1-3H3/t19-/m0/s1. The summed E-state index contributed by atoms with van der Waals surface area (Å²) in [4.78, 5) is 14.2. The fraction of sp³-hybridized carbons (Fsp3) is 0.381. The van der Waals surface area contributed by atoms with Gasteiger partial charge in [-0.1, -0.05) is 47.5 Å². The lowest BCUT2D eigenvalue weighted by atomic mass is 10.1. The van der Waals surface area contributed by atoms with Crippen LogP contribution in [0.1, 0.15) is 16.7 Å². The monoisotopic (exact) mass is 419 g/mol. The average molecular weight is 420 g/mol. The first-order chi connectivity index (χ1) is 13.7. The Bertz CT molecular complexity index is 914. The molecule has 0 saturated carbocycles. The zero-order chi connectivity index (χ0) is 21.4. The highest BCUT2D eigenvalue weighted by Gasteiger charge is 2.24. The molecule has 1 atom stereocenters. The third-order valence-corrected chi connectivity index (χ3v) is 5.99. The van der Waals surface area contributed by atoms with E-state index in [2.05, 4.69) is 10.0 Å². The summed E-state index contributed by atoms with van der Waals surface area (Å²) in [6, 6.07) is 13.4. The molecule has 0 aliphatic heterocycles. The number of nitrogens with zero attached hydrogens (tertiary/aromatic N) is 1. The van der Waals surface area contributed by atoms with E-state index in [9.17, 15) is 18.3 Å². The van der Waals surface area contributed by atoms with E-state index >= 15 is 0 Å². The van der Waals surface area contributed by atoms with Crippen LogP contribution < -0.4 is 10.0 Å². The van der Waals surface area contributed by atoms with Gasteiger partial charge in [0.1, 0.15) is 0 Å². The Kier molecular flexibility index (Phi) is 8.33. The molecule has 2 aromatic rings. The largest absolute Gasteiger partial charge is 0.395 e. The summed E-state index contributed by atoms with van der Waals surface area (Å²) in [5, 5.41) is 12.6. The van der Waals surface area contributed by atoms with Crippen LogP contribution in [-0.4, -0.2) is 57.1 Å². The molecule has 2 aromatic carbocycles. The topological polar surface area (TPSA) is 98.7 Å². The van der Waals surface area contributed by atoms with Gasteiger partial charge in [-0.3, -0.25) is 4.79 Å². The predicted octanol–water partition coefficient (Wildman–Crippen LogP) is 1.19. The highest BCUT2D eigenvalue weighted by Crippen LogP contribution is 2.12. The van der Waals surface area contributed by atoms with E-state index in [0.717, 1.165) is 16.7 Å². The van der Waals surface area contributed by atoms with Gasteiger partial charge in [0.05, 0.1) is 24.1 Å². The molecule has 0 aliphatic rings. The zero-order valence-electron chi connectivity index (χ0n) is 17.1. The van der Waals surface area contributed by atoms with Crippen molar-refractivity contribution in [1.29, 1.82) is 0 Å². The summed E-state index contributed by atoms with van der Waals surface area (Å²) in [6.07, 6.45) is 0. The highest BCUT2D eigenvalue weighted by atomic mass is 32.2. The van der Waals surface area contributed by atoms with Crippen molar-refractivity contribution in [2.45, 2.75) is 31.3 Å². The second-order valence-electron chi connectivity index (χ2n) is 7.11. The minimum atomic E-state index is -3.82. The van der Waals surface area contributed by atoms with Crippen molar-refractivity contribution < 1.29 is 18.3 Å². The number of rotatable bonds is 10. The third-order valence-electron chi connectivity index (χ3n) is 4.45. The van der Waals surface area contributed by atoms with Gasteiger partial charge in [-0.2, -0.15) is 0 Å². The second kappa shape index (κ2) is 10.5. The number of likely N-dealkylation sites (N-methyl/N-ethyl adjacent to an activating group) is 1. The van der Waals surface area contributed by atoms with Crippen molar-refractivity contribution in [3.05, 3.63) is 65.2 Å². The van der Waals surface area contributed by atoms with Gasteiger partial charge in [0.15, 0.2) is 0 Å². The average Bonchev–Trinajstić information content (AvgIpc) is 2.67. The Balaban J connectivity index is 2.17. The molecule has 0 radical (unpaired) electrons. The number of sulfonamides is 1. The highest BCUT2D eigenvalue weighted by molar-refractivity contribution is 7.89. The Morgan fingerprint density at radius 3 is 2.38 bits per heavy atom. The van der Waals surface area contributed by atoms with Gasteiger partial charge in [0.25, 0.3) is 0 Å². The molecule has 0 heterocycles. The number of hydrogen-bond acceptors (Lipinski definition) is 5. The van der Waals surface area contributed by atoms with Crippen LogP contribution in [0, 0.1) is 13.8 Å². The van der Waals surface area contributed by atoms with Crippen LogP contribution in [0.5, 0.6) is 0 Å². The first-order valence-electron chi connectivity index (χ1n) is 9.43. The van der Waals surface area contributed by atoms with E-state index in [1.54, 1.807) is 24.1 Å². The molecule has 1 amide bonds. The molecule has 0 saturated heterocycles. The van der Waals surface area contributed by atoms with Crippen LogP contribution in [0.2, 0.25) is 0 Å². The number of aryl methyl sites for hydroxylation is 2.